The maximum atomic E-state index is 12.8. The van der Waals surface area contributed by atoms with Gasteiger partial charge in [0.1, 0.15) is 18.9 Å². The highest BCUT2D eigenvalue weighted by molar-refractivity contribution is 8.18. The van der Waals surface area contributed by atoms with E-state index in [-0.39, 0.29) is 18.3 Å². The van der Waals surface area contributed by atoms with Crippen molar-refractivity contribution in [1.29, 1.82) is 0 Å². The summed E-state index contributed by atoms with van der Waals surface area (Å²) < 4.78 is 16.4. The average molecular weight is 523 g/mol. The van der Waals surface area contributed by atoms with Crippen molar-refractivity contribution in [2.45, 2.75) is 6.61 Å². The van der Waals surface area contributed by atoms with Gasteiger partial charge in [-0.3, -0.25) is 19.3 Å². The summed E-state index contributed by atoms with van der Waals surface area (Å²) in [7, 11) is 0. The number of carbonyl (C=O) groups is 3. The number of ether oxygens (including phenoxy) is 3. The van der Waals surface area contributed by atoms with Crippen LogP contribution in [0.5, 0.6) is 17.2 Å². The van der Waals surface area contributed by atoms with Crippen molar-refractivity contribution in [3.8, 4) is 17.2 Å². The quantitative estimate of drug-likeness (QED) is 0.419. The van der Waals surface area contributed by atoms with Crippen LogP contribution < -0.4 is 19.5 Å². The van der Waals surface area contributed by atoms with Gasteiger partial charge in [0.15, 0.2) is 11.5 Å². The van der Waals surface area contributed by atoms with Crippen molar-refractivity contribution >= 4 is 52.2 Å². The highest BCUT2D eigenvalue weighted by atomic mass is 35.5. The Bertz CT molecular complexity index is 1390. The molecule has 3 amide bonds. The standard InChI is InChI=1S/C26H19ClN2O6S/c27-20-7-2-1-5-17(20)14-33-19-6-3-4-16(10-19)11-23-25(31)29(26(32)36-23)13-24(30)28-18-8-9-21-22(12-18)35-15-34-21/h1-12H,13-15H2,(H,28,30)/b23-11+. The van der Waals surface area contributed by atoms with Gasteiger partial charge in [0.2, 0.25) is 12.7 Å². The topological polar surface area (TPSA) is 94.2 Å². The number of halogens is 1. The van der Waals surface area contributed by atoms with Crippen molar-refractivity contribution in [1.82, 2.24) is 4.90 Å². The van der Waals surface area contributed by atoms with Gasteiger partial charge < -0.3 is 19.5 Å². The Morgan fingerprint density at radius 1 is 1.06 bits per heavy atom. The van der Waals surface area contributed by atoms with Crippen LogP contribution in [0.3, 0.4) is 0 Å². The van der Waals surface area contributed by atoms with E-state index in [2.05, 4.69) is 5.32 Å². The smallest absolute Gasteiger partial charge is 0.294 e. The minimum absolute atomic E-state index is 0.117. The maximum absolute atomic E-state index is 12.8. The molecule has 0 saturated carbocycles. The molecular formula is C26H19ClN2O6S. The fourth-order valence-electron chi connectivity index (χ4n) is 3.58. The van der Waals surface area contributed by atoms with Gasteiger partial charge in [0, 0.05) is 22.3 Å². The Hall–Kier alpha value is -3.95. The molecule has 2 aliphatic heterocycles. The second kappa shape index (κ2) is 10.3. The first-order valence-electron chi connectivity index (χ1n) is 10.9. The first-order valence-corrected chi connectivity index (χ1v) is 12.1. The van der Waals surface area contributed by atoms with E-state index < -0.39 is 23.6 Å². The summed E-state index contributed by atoms with van der Waals surface area (Å²) in [5.41, 5.74) is 2.01. The van der Waals surface area contributed by atoms with Gasteiger partial charge in [-0.1, -0.05) is 41.9 Å². The Morgan fingerprint density at radius 2 is 1.89 bits per heavy atom. The largest absolute Gasteiger partial charge is 0.489 e. The highest BCUT2D eigenvalue weighted by Gasteiger charge is 2.36. The van der Waals surface area contributed by atoms with Crippen molar-refractivity contribution in [2.24, 2.45) is 0 Å². The van der Waals surface area contributed by atoms with Crippen LogP contribution in [-0.4, -0.2) is 35.3 Å². The van der Waals surface area contributed by atoms with Crippen LogP contribution >= 0.6 is 23.4 Å². The normalized spacial score (nSPS) is 15.5. The Balaban J connectivity index is 1.22. The zero-order chi connectivity index (χ0) is 25.1. The van der Waals surface area contributed by atoms with Crippen LogP contribution in [0.15, 0.2) is 71.6 Å². The lowest BCUT2D eigenvalue weighted by molar-refractivity contribution is -0.127. The van der Waals surface area contributed by atoms with Gasteiger partial charge in [-0.15, -0.1) is 0 Å². The summed E-state index contributed by atoms with van der Waals surface area (Å²) in [6.07, 6.45) is 1.60. The molecule has 0 unspecified atom stereocenters. The number of nitrogens with one attached hydrogen (secondary N) is 1. The first kappa shape index (κ1) is 23.8. The SMILES string of the molecule is O=C(CN1C(=O)S/C(=C/c2cccc(OCc3ccccc3Cl)c2)C1=O)Nc1ccc2c(c1)OCO2. The molecule has 3 aromatic rings. The van der Waals surface area contributed by atoms with Gasteiger partial charge in [-0.25, -0.2) is 0 Å². The predicted molar refractivity (Wildman–Crippen MR) is 136 cm³/mol. The number of nitrogens with zero attached hydrogens (tertiary/aromatic N) is 1. The van der Waals surface area contributed by atoms with Gasteiger partial charge in [-0.05, 0) is 53.7 Å². The third-order valence-corrected chi connectivity index (χ3v) is 6.62. The first-order chi connectivity index (χ1) is 17.5. The molecule has 1 N–H and O–H groups in total. The Kier molecular flexibility index (Phi) is 6.84. The summed E-state index contributed by atoms with van der Waals surface area (Å²) in [4.78, 5) is 38.9. The maximum Gasteiger partial charge on any atom is 0.294 e. The number of carbonyl (C=O) groups excluding carboxylic acids is 3. The van der Waals surface area contributed by atoms with Gasteiger partial charge in [0.05, 0.1) is 4.91 Å². The lowest BCUT2D eigenvalue weighted by atomic mass is 10.2. The van der Waals surface area contributed by atoms with Crippen LogP contribution in [0, 0.1) is 0 Å². The molecule has 1 fully saturated rings. The zero-order valence-corrected chi connectivity index (χ0v) is 20.3. The molecule has 0 spiro atoms. The zero-order valence-electron chi connectivity index (χ0n) is 18.7. The molecule has 0 atom stereocenters. The molecule has 0 bridgehead atoms. The van der Waals surface area contributed by atoms with Gasteiger partial charge >= 0.3 is 0 Å². The van der Waals surface area contributed by atoms with Crippen molar-refractivity contribution in [3.05, 3.63) is 87.8 Å². The molecule has 10 heteroatoms. The summed E-state index contributed by atoms with van der Waals surface area (Å²) in [5.74, 6) is 0.647. The molecule has 36 heavy (non-hydrogen) atoms. The third kappa shape index (κ3) is 5.32. The average Bonchev–Trinajstić information content (AvgIpc) is 3.43. The molecule has 0 aliphatic carbocycles. The highest BCUT2D eigenvalue weighted by Crippen LogP contribution is 2.35. The number of amides is 3. The Morgan fingerprint density at radius 3 is 2.75 bits per heavy atom. The second-order valence-corrected chi connectivity index (χ2v) is 9.24. The van der Waals surface area contributed by atoms with E-state index in [9.17, 15) is 14.4 Å². The fraction of sp³-hybridized carbons (Fsp3) is 0.115. The van der Waals surface area contributed by atoms with E-state index in [1.165, 1.54) is 0 Å². The third-order valence-electron chi connectivity index (χ3n) is 5.34. The molecule has 3 aromatic carbocycles. The van der Waals surface area contributed by atoms with Crippen LogP contribution in [0.25, 0.3) is 6.08 Å². The van der Waals surface area contributed by atoms with Crippen molar-refractivity contribution in [2.75, 3.05) is 18.7 Å². The molecule has 2 heterocycles. The van der Waals surface area contributed by atoms with E-state index in [0.29, 0.717) is 33.5 Å². The van der Waals surface area contributed by atoms with Crippen LogP contribution in [0.2, 0.25) is 5.02 Å². The predicted octanol–water partition coefficient (Wildman–Crippen LogP) is 5.32. The van der Waals surface area contributed by atoms with Crippen LogP contribution in [0.4, 0.5) is 10.5 Å². The summed E-state index contributed by atoms with van der Waals surface area (Å²) >= 11 is 6.96. The lowest BCUT2D eigenvalue weighted by Gasteiger charge is -2.12. The molecule has 182 valence electrons. The molecule has 0 aromatic heterocycles. The van der Waals surface area contributed by atoms with Crippen LogP contribution in [-0.2, 0) is 16.2 Å². The number of rotatable bonds is 7. The van der Waals surface area contributed by atoms with E-state index in [1.807, 2.05) is 18.2 Å². The lowest BCUT2D eigenvalue weighted by Crippen LogP contribution is -2.36. The molecule has 8 nitrogen and oxygen atoms in total. The number of anilines is 1. The number of imide groups is 1. The van der Waals surface area contributed by atoms with Gasteiger partial charge in [0.25, 0.3) is 11.1 Å². The number of thioether (sulfide) groups is 1. The monoisotopic (exact) mass is 522 g/mol. The Labute approximate surface area is 215 Å². The minimum Gasteiger partial charge on any atom is -0.489 e. The fourth-order valence-corrected chi connectivity index (χ4v) is 4.61. The molecule has 2 aliphatic rings. The summed E-state index contributed by atoms with van der Waals surface area (Å²) in [6, 6.07) is 19.5. The van der Waals surface area contributed by atoms with E-state index in [4.69, 9.17) is 25.8 Å². The van der Waals surface area contributed by atoms with E-state index >= 15 is 0 Å². The number of benzene rings is 3. The molecule has 0 radical (unpaired) electrons. The number of hydrogen-bond donors (Lipinski definition) is 1. The van der Waals surface area contributed by atoms with Gasteiger partial charge in [-0.2, -0.15) is 0 Å². The van der Waals surface area contributed by atoms with E-state index in [1.54, 1.807) is 54.6 Å². The molecule has 5 rings (SSSR count). The van der Waals surface area contributed by atoms with E-state index in [0.717, 1.165) is 22.2 Å². The van der Waals surface area contributed by atoms with Crippen molar-refractivity contribution in [3.63, 3.8) is 0 Å². The molecular weight excluding hydrogens is 504 g/mol. The summed E-state index contributed by atoms with van der Waals surface area (Å²) in [6.45, 7) is 0.00180. The van der Waals surface area contributed by atoms with Crippen molar-refractivity contribution < 1.29 is 28.6 Å². The number of hydrogen-bond acceptors (Lipinski definition) is 7. The molecule has 1 saturated heterocycles. The van der Waals surface area contributed by atoms with Crippen LogP contribution in [0.1, 0.15) is 11.1 Å². The second-order valence-electron chi connectivity index (χ2n) is 7.84. The minimum atomic E-state index is -0.534. The summed E-state index contributed by atoms with van der Waals surface area (Å²) in [5, 5.41) is 2.77. The number of fused-ring (bicyclic) bond motifs is 1.